The maximum absolute atomic E-state index is 12.2. The van der Waals surface area contributed by atoms with Gasteiger partial charge in [-0.1, -0.05) is 20.8 Å². The van der Waals surface area contributed by atoms with Crippen molar-refractivity contribution in [3.8, 4) is 6.07 Å². The maximum Gasteiger partial charge on any atom is 0.330 e. The van der Waals surface area contributed by atoms with Crippen LogP contribution in [0.15, 0.2) is 15.8 Å². The minimum Gasteiger partial charge on any atom is -0.414 e. The van der Waals surface area contributed by atoms with Crippen LogP contribution in [0, 0.1) is 18.3 Å². The molecule has 2 heterocycles. The van der Waals surface area contributed by atoms with E-state index in [2.05, 4.69) is 44.9 Å². The van der Waals surface area contributed by atoms with E-state index in [4.69, 9.17) is 9.16 Å². The lowest BCUT2D eigenvalue weighted by atomic mass is 9.92. The molecule has 1 fully saturated rings. The first kappa shape index (κ1) is 22.5. The van der Waals surface area contributed by atoms with Crippen molar-refractivity contribution >= 4 is 8.32 Å². The summed E-state index contributed by atoms with van der Waals surface area (Å²) in [5, 5.41) is 20.9. The monoisotopic (exact) mass is 410 g/mol. The summed E-state index contributed by atoms with van der Waals surface area (Å²) >= 11 is 0. The molecule has 0 unspecified atom stereocenters. The van der Waals surface area contributed by atoms with Crippen LogP contribution in [0.3, 0.4) is 0 Å². The first-order valence-corrected chi connectivity index (χ1v) is 12.1. The number of likely N-dealkylation sites (N-methyl/N-ethyl adjacent to an activating group) is 1. The standard InChI is InChI=1S/C18H30N4O5Si/c1-12-9-22(16(24)20-15(12)23)14-8-18(11-19,21(5)25)13(27-14)10-26-28(6,7)17(2,3)4/h9,13-14,25H,8,10H2,1-7H3,(H,20,23,24)/t13-,14-,18-/m1/s1. The highest BCUT2D eigenvalue weighted by Crippen LogP contribution is 2.41. The van der Waals surface area contributed by atoms with E-state index in [-0.39, 0.29) is 18.1 Å². The fourth-order valence-corrected chi connectivity index (χ4v) is 3.92. The molecule has 0 spiro atoms. The number of nitrogens with zero attached hydrogens (tertiary/aromatic N) is 3. The Hall–Kier alpha value is -1.77. The molecule has 1 saturated heterocycles. The van der Waals surface area contributed by atoms with Crippen molar-refractivity contribution in [2.45, 2.75) is 70.1 Å². The Morgan fingerprint density at radius 1 is 1.50 bits per heavy atom. The minimum atomic E-state index is -2.12. The summed E-state index contributed by atoms with van der Waals surface area (Å²) in [5.41, 5.74) is -2.12. The molecule has 28 heavy (non-hydrogen) atoms. The van der Waals surface area contributed by atoms with Crippen LogP contribution in [0.4, 0.5) is 0 Å². The molecule has 2 N–H and O–H groups in total. The van der Waals surface area contributed by atoms with E-state index in [1.807, 2.05) is 0 Å². The van der Waals surface area contributed by atoms with Gasteiger partial charge in [0.25, 0.3) is 5.56 Å². The smallest absolute Gasteiger partial charge is 0.330 e. The van der Waals surface area contributed by atoms with E-state index in [1.165, 1.54) is 17.8 Å². The zero-order valence-electron chi connectivity index (χ0n) is 17.6. The first-order valence-electron chi connectivity index (χ1n) is 9.20. The highest BCUT2D eigenvalue weighted by atomic mass is 28.4. The molecule has 1 aromatic rings. The number of nitriles is 1. The summed E-state index contributed by atoms with van der Waals surface area (Å²) in [6.07, 6.45) is -0.133. The third-order valence-corrected chi connectivity index (χ3v) is 10.5. The van der Waals surface area contributed by atoms with Gasteiger partial charge in [0.1, 0.15) is 12.3 Å². The highest BCUT2D eigenvalue weighted by Gasteiger charge is 2.54. The molecule has 10 heteroatoms. The van der Waals surface area contributed by atoms with Crippen LogP contribution in [0.2, 0.25) is 18.1 Å². The maximum atomic E-state index is 12.2. The van der Waals surface area contributed by atoms with Gasteiger partial charge in [0.05, 0.1) is 12.7 Å². The van der Waals surface area contributed by atoms with E-state index < -0.39 is 37.4 Å². The predicted molar refractivity (Wildman–Crippen MR) is 106 cm³/mol. The molecule has 1 aromatic heterocycles. The van der Waals surface area contributed by atoms with Crippen molar-refractivity contribution in [3.63, 3.8) is 0 Å². The van der Waals surface area contributed by atoms with Crippen molar-refractivity contribution in [2.75, 3.05) is 13.7 Å². The van der Waals surface area contributed by atoms with Crippen molar-refractivity contribution in [2.24, 2.45) is 0 Å². The van der Waals surface area contributed by atoms with Crippen LogP contribution in [-0.4, -0.2) is 53.4 Å². The topological polar surface area (TPSA) is 121 Å². The second-order valence-electron chi connectivity index (χ2n) is 8.89. The summed E-state index contributed by atoms with van der Waals surface area (Å²) in [6.45, 7) is 12.2. The Morgan fingerprint density at radius 3 is 2.61 bits per heavy atom. The molecule has 1 aliphatic heterocycles. The summed E-state index contributed by atoms with van der Waals surface area (Å²) in [5.74, 6) is 0. The molecule has 0 aliphatic carbocycles. The lowest BCUT2D eigenvalue weighted by Gasteiger charge is -2.39. The largest absolute Gasteiger partial charge is 0.414 e. The van der Waals surface area contributed by atoms with E-state index in [0.717, 1.165) is 5.06 Å². The zero-order valence-corrected chi connectivity index (χ0v) is 18.6. The third-order valence-electron chi connectivity index (χ3n) is 5.97. The van der Waals surface area contributed by atoms with E-state index >= 15 is 0 Å². The Bertz CT molecular complexity index is 880. The zero-order chi connectivity index (χ0) is 21.5. The summed E-state index contributed by atoms with van der Waals surface area (Å²) in [6, 6.07) is 2.15. The minimum absolute atomic E-state index is 0.0294. The van der Waals surface area contributed by atoms with Crippen LogP contribution in [-0.2, 0) is 9.16 Å². The lowest BCUT2D eigenvalue weighted by molar-refractivity contribution is -0.156. The number of aromatic amines is 1. The Morgan fingerprint density at radius 2 is 2.11 bits per heavy atom. The van der Waals surface area contributed by atoms with Crippen LogP contribution < -0.4 is 11.2 Å². The summed E-state index contributed by atoms with van der Waals surface area (Å²) < 4.78 is 13.5. The highest BCUT2D eigenvalue weighted by molar-refractivity contribution is 6.74. The van der Waals surface area contributed by atoms with Gasteiger partial charge >= 0.3 is 5.69 Å². The number of hydrogen-bond donors (Lipinski definition) is 2. The number of H-pyrrole nitrogens is 1. The number of hydroxylamine groups is 2. The van der Waals surface area contributed by atoms with Gasteiger partial charge in [-0.2, -0.15) is 10.3 Å². The van der Waals surface area contributed by atoms with Gasteiger partial charge in [0.15, 0.2) is 13.9 Å². The number of hydrogen-bond acceptors (Lipinski definition) is 7. The number of ether oxygens (including phenoxy) is 1. The molecular weight excluding hydrogens is 380 g/mol. The fourth-order valence-electron chi connectivity index (χ4n) is 2.92. The van der Waals surface area contributed by atoms with Crippen molar-refractivity contribution in [1.82, 2.24) is 14.6 Å². The molecule has 156 valence electrons. The quantitative estimate of drug-likeness (QED) is 0.560. The molecule has 9 nitrogen and oxygen atoms in total. The van der Waals surface area contributed by atoms with Gasteiger partial charge in [0, 0.05) is 25.2 Å². The van der Waals surface area contributed by atoms with E-state index in [0.29, 0.717) is 5.56 Å². The Balaban J connectivity index is 2.37. The van der Waals surface area contributed by atoms with Crippen LogP contribution in [0.1, 0.15) is 39.0 Å². The van der Waals surface area contributed by atoms with Crippen molar-refractivity contribution in [3.05, 3.63) is 32.6 Å². The number of aromatic nitrogens is 2. The second-order valence-corrected chi connectivity index (χ2v) is 13.7. The van der Waals surface area contributed by atoms with Gasteiger partial charge in [-0.15, -0.1) is 0 Å². The summed E-state index contributed by atoms with van der Waals surface area (Å²) in [4.78, 5) is 26.1. The molecule has 0 saturated carbocycles. The van der Waals surface area contributed by atoms with Gasteiger partial charge in [-0.3, -0.25) is 14.3 Å². The number of nitrogens with one attached hydrogen (secondary N) is 1. The Labute approximate surface area is 165 Å². The van der Waals surface area contributed by atoms with Gasteiger partial charge in [-0.25, -0.2) is 4.79 Å². The average Bonchev–Trinajstić information content (AvgIpc) is 2.95. The summed E-state index contributed by atoms with van der Waals surface area (Å²) in [7, 11) is -0.733. The molecule has 0 radical (unpaired) electrons. The van der Waals surface area contributed by atoms with Crippen LogP contribution in [0.25, 0.3) is 0 Å². The first-order chi connectivity index (χ1) is 12.7. The van der Waals surface area contributed by atoms with Crippen LogP contribution in [0.5, 0.6) is 0 Å². The number of aryl methyl sites for hydroxylation is 1. The molecule has 0 amide bonds. The fraction of sp³-hybridized carbons (Fsp3) is 0.722. The molecule has 0 aromatic carbocycles. The third kappa shape index (κ3) is 3.99. The molecule has 0 bridgehead atoms. The van der Waals surface area contributed by atoms with Crippen molar-refractivity contribution < 1.29 is 14.4 Å². The molecular formula is C18H30N4O5Si. The second kappa shape index (κ2) is 7.57. The number of rotatable bonds is 5. The van der Waals surface area contributed by atoms with Crippen LogP contribution >= 0.6 is 0 Å². The normalized spacial score (nSPS) is 25.9. The average molecular weight is 411 g/mol. The predicted octanol–water partition coefficient (Wildman–Crippen LogP) is 1.74. The van der Waals surface area contributed by atoms with Crippen molar-refractivity contribution in [1.29, 1.82) is 5.26 Å². The molecule has 3 atom stereocenters. The molecule has 1 aliphatic rings. The van der Waals surface area contributed by atoms with Gasteiger partial charge in [0.2, 0.25) is 0 Å². The SMILES string of the molecule is Cc1cn([C@H]2C[C@](C#N)(N(C)O)[C@@H](CO[Si](C)(C)C(C)(C)C)O2)c(=O)[nH]c1=O. The van der Waals surface area contributed by atoms with E-state index in [9.17, 15) is 20.1 Å². The molecule has 2 rings (SSSR count). The van der Waals surface area contributed by atoms with E-state index in [1.54, 1.807) is 6.92 Å². The lowest BCUT2D eigenvalue weighted by Crippen LogP contribution is -2.53. The van der Waals surface area contributed by atoms with Gasteiger partial charge in [-0.05, 0) is 25.1 Å². The van der Waals surface area contributed by atoms with Gasteiger partial charge < -0.3 is 14.4 Å². The Kier molecular flexibility index (Phi) is 6.09.